The second-order valence-corrected chi connectivity index (χ2v) is 5.74. The molecule has 102 valence electrons. The van der Waals surface area contributed by atoms with Crippen molar-refractivity contribution >= 4 is 15.9 Å². The van der Waals surface area contributed by atoms with E-state index >= 15 is 0 Å². The molecule has 1 N–H and O–H groups in total. The van der Waals surface area contributed by atoms with Gasteiger partial charge in [0.05, 0.1) is 0 Å². The van der Waals surface area contributed by atoms with Crippen molar-refractivity contribution in [1.29, 1.82) is 0 Å². The zero-order chi connectivity index (χ0) is 13.5. The lowest BCUT2D eigenvalue weighted by Crippen LogP contribution is -2.31. The van der Waals surface area contributed by atoms with Crippen LogP contribution in [-0.2, 0) is 0 Å². The van der Waals surface area contributed by atoms with Gasteiger partial charge < -0.3 is 10.2 Å². The Labute approximate surface area is 120 Å². The molecule has 2 atom stereocenters. The first-order valence-electron chi connectivity index (χ1n) is 6.72. The molecule has 1 rings (SSSR count). The molecule has 0 aliphatic carbocycles. The van der Waals surface area contributed by atoms with Crippen LogP contribution in [0.15, 0.2) is 28.7 Å². The topological polar surface area (TPSA) is 15.3 Å². The summed E-state index contributed by atoms with van der Waals surface area (Å²) in [5.74, 6) is 0. The van der Waals surface area contributed by atoms with Crippen LogP contribution in [0.1, 0.15) is 38.3 Å². The Bertz CT molecular complexity index is 354. The van der Waals surface area contributed by atoms with Crippen molar-refractivity contribution in [2.24, 2.45) is 0 Å². The van der Waals surface area contributed by atoms with Gasteiger partial charge in [-0.05, 0) is 52.0 Å². The van der Waals surface area contributed by atoms with Gasteiger partial charge in [-0.25, -0.2) is 0 Å². The van der Waals surface area contributed by atoms with Crippen molar-refractivity contribution in [3.05, 3.63) is 34.3 Å². The zero-order valence-electron chi connectivity index (χ0n) is 11.9. The van der Waals surface area contributed by atoms with Gasteiger partial charge in [-0.15, -0.1) is 0 Å². The van der Waals surface area contributed by atoms with Crippen molar-refractivity contribution in [2.75, 3.05) is 20.6 Å². The average Bonchev–Trinajstić information content (AvgIpc) is 2.40. The molecular formula is C15H25BrN2. The molecule has 0 heterocycles. The lowest BCUT2D eigenvalue weighted by Gasteiger charge is -2.26. The van der Waals surface area contributed by atoms with Crippen LogP contribution in [0.5, 0.6) is 0 Å². The van der Waals surface area contributed by atoms with Crippen LogP contribution in [0.4, 0.5) is 0 Å². The molecule has 0 saturated heterocycles. The predicted molar refractivity (Wildman–Crippen MR) is 82.9 cm³/mol. The first-order valence-corrected chi connectivity index (χ1v) is 7.51. The summed E-state index contributed by atoms with van der Waals surface area (Å²) in [6, 6.07) is 9.52. The summed E-state index contributed by atoms with van der Waals surface area (Å²) >= 11 is 3.63. The molecule has 0 amide bonds. The Hall–Kier alpha value is -0.380. The van der Waals surface area contributed by atoms with Gasteiger partial charge in [0.1, 0.15) is 0 Å². The van der Waals surface area contributed by atoms with Crippen molar-refractivity contribution in [1.82, 2.24) is 10.2 Å². The molecule has 0 bridgehead atoms. The maximum absolute atomic E-state index is 3.63. The molecule has 1 aromatic carbocycles. The van der Waals surface area contributed by atoms with Crippen LogP contribution in [0.25, 0.3) is 0 Å². The summed E-state index contributed by atoms with van der Waals surface area (Å²) in [6.45, 7) is 5.64. The van der Waals surface area contributed by atoms with Crippen LogP contribution in [-0.4, -0.2) is 31.6 Å². The van der Waals surface area contributed by atoms with Crippen LogP contribution >= 0.6 is 15.9 Å². The fourth-order valence-electron chi connectivity index (χ4n) is 2.08. The van der Waals surface area contributed by atoms with Crippen molar-refractivity contribution in [3.63, 3.8) is 0 Å². The van der Waals surface area contributed by atoms with Crippen LogP contribution in [0.3, 0.4) is 0 Å². The highest BCUT2D eigenvalue weighted by Crippen LogP contribution is 2.25. The van der Waals surface area contributed by atoms with Crippen LogP contribution in [0.2, 0.25) is 0 Å². The Morgan fingerprint density at radius 3 is 2.56 bits per heavy atom. The number of hydrogen-bond donors (Lipinski definition) is 1. The lowest BCUT2D eigenvalue weighted by molar-refractivity contribution is 0.239. The quantitative estimate of drug-likeness (QED) is 0.823. The fraction of sp³-hybridized carbons (Fsp3) is 0.600. The van der Waals surface area contributed by atoms with Gasteiger partial charge in [0.25, 0.3) is 0 Å². The Kier molecular flexibility index (Phi) is 6.90. The van der Waals surface area contributed by atoms with Gasteiger partial charge in [0, 0.05) is 16.6 Å². The molecule has 2 nitrogen and oxygen atoms in total. The van der Waals surface area contributed by atoms with E-state index in [1.807, 2.05) is 7.05 Å². The standard InChI is InChI=1S/C15H25BrN2/c1-5-12(2)18(4)11-10-15(17-3)13-8-6-7-9-14(13)16/h6-9,12,15,17H,5,10-11H2,1-4H3. The second kappa shape index (κ2) is 7.93. The fourth-order valence-corrected chi connectivity index (χ4v) is 2.64. The number of nitrogens with zero attached hydrogens (tertiary/aromatic N) is 1. The van der Waals surface area contributed by atoms with E-state index in [9.17, 15) is 0 Å². The smallest absolute Gasteiger partial charge is 0.0340 e. The van der Waals surface area contributed by atoms with E-state index in [4.69, 9.17) is 0 Å². The maximum Gasteiger partial charge on any atom is 0.0340 e. The Balaban J connectivity index is 2.61. The monoisotopic (exact) mass is 312 g/mol. The highest BCUT2D eigenvalue weighted by atomic mass is 79.9. The van der Waals surface area contributed by atoms with Gasteiger partial charge in [0.2, 0.25) is 0 Å². The molecule has 0 aliphatic heterocycles. The number of nitrogens with one attached hydrogen (secondary N) is 1. The minimum Gasteiger partial charge on any atom is -0.313 e. The first kappa shape index (κ1) is 15.7. The number of hydrogen-bond acceptors (Lipinski definition) is 2. The SMILES string of the molecule is CCC(C)N(C)CCC(NC)c1ccccc1Br. The van der Waals surface area contributed by atoms with Gasteiger partial charge in [0.15, 0.2) is 0 Å². The molecular weight excluding hydrogens is 288 g/mol. The first-order chi connectivity index (χ1) is 8.60. The summed E-state index contributed by atoms with van der Waals surface area (Å²) in [4.78, 5) is 2.43. The third-order valence-electron chi connectivity index (χ3n) is 3.74. The largest absolute Gasteiger partial charge is 0.313 e. The summed E-state index contributed by atoms with van der Waals surface area (Å²) in [5, 5.41) is 3.41. The van der Waals surface area contributed by atoms with E-state index in [1.165, 1.54) is 16.5 Å². The normalized spacial score (nSPS) is 14.8. The van der Waals surface area contributed by atoms with E-state index < -0.39 is 0 Å². The van der Waals surface area contributed by atoms with E-state index in [0.717, 1.165) is 13.0 Å². The van der Waals surface area contributed by atoms with Crippen LogP contribution < -0.4 is 5.32 Å². The molecule has 2 unspecified atom stereocenters. The molecule has 0 aromatic heterocycles. The van der Waals surface area contributed by atoms with Crippen molar-refractivity contribution in [3.8, 4) is 0 Å². The molecule has 18 heavy (non-hydrogen) atoms. The minimum absolute atomic E-state index is 0.409. The van der Waals surface area contributed by atoms with E-state index in [1.54, 1.807) is 0 Å². The van der Waals surface area contributed by atoms with Gasteiger partial charge in [-0.3, -0.25) is 0 Å². The summed E-state index contributed by atoms with van der Waals surface area (Å²) in [7, 11) is 4.24. The highest BCUT2D eigenvalue weighted by molar-refractivity contribution is 9.10. The minimum atomic E-state index is 0.409. The molecule has 0 saturated carbocycles. The average molecular weight is 313 g/mol. The van der Waals surface area contributed by atoms with E-state index in [0.29, 0.717) is 12.1 Å². The predicted octanol–water partition coefficient (Wildman–Crippen LogP) is 3.83. The maximum atomic E-state index is 3.63. The van der Waals surface area contributed by atoms with Gasteiger partial charge >= 0.3 is 0 Å². The summed E-state index contributed by atoms with van der Waals surface area (Å²) in [5.41, 5.74) is 1.34. The third kappa shape index (κ3) is 4.38. The van der Waals surface area contributed by atoms with E-state index in [2.05, 4.69) is 71.3 Å². The molecule has 0 radical (unpaired) electrons. The van der Waals surface area contributed by atoms with Crippen molar-refractivity contribution < 1.29 is 0 Å². The second-order valence-electron chi connectivity index (χ2n) is 4.89. The van der Waals surface area contributed by atoms with Crippen LogP contribution in [0, 0.1) is 0 Å². The summed E-state index contributed by atoms with van der Waals surface area (Å²) in [6.07, 6.45) is 2.33. The molecule has 1 aromatic rings. The molecule has 0 fully saturated rings. The summed E-state index contributed by atoms with van der Waals surface area (Å²) < 4.78 is 1.19. The molecule has 3 heteroatoms. The lowest BCUT2D eigenvalue weighted by atomic mass is 10.0. The number of halogens is 1. The number of benzene rings is 1. The third-order valence-corrected chi connectivity index (χ3v) is 4.47. The van der Waals surface area contributed by atoms with E-state index in [-0.39, 0.29) is 0 Å². The van der Waals surface area contributed by atoms with Crippen molar-refractivity contribution in [2.45, 2.75) is 38.8 Å². The van der Waals surface area contributed by atoms with Gasteiger partial charge in [-0.1, -0.05) is 41.1 Å². The Morgan fingerprint density at radius 1 is 1.33 bits per heavy atom. The highest BCUT2D eigenvalue weighted by Gasteiger charge is 2.14. The molecule has 0 spiro atoms. The van der Waals surface area contributed by atoms with Gasteiger partial charge in [-0.2, -0.15) is 0 Å². The molecule has 0 aliphatic rings. The number of rotatable bonds is 7. The zero-order valence-corrected chi connectivity index (χ0v) is 13.5. The Morgan fingerprint density at radius 2 is 2.00 bits per heavy atom.